The van der Waals surface area contributed by atoms with Gasteiger partial charge in [-0.05, 0) is 37.7 Å². The molecule has 0 aliphatic rings. The molecule has 2 rings (SSSR count). The number of rotatable bonds is 2. The average Bonchev–Trinajstić information content (AvgIpc) is 2.45. The number of fused-ring (bicyclic) bond motifs is 1. The third-order valence-corrected chi connectivity index (χ3v) is 2.44. The van der Waals surface area contributed by atoms with Gasteiger partial charge < -0.3 is 10.3 Å². The van der Waals surface area contributed by atoms with E-state index in [1.807, 2.05) is 14.0 Å². The van der Waals surface area contributed by atoms with E-state index >= 15 is 0 Å². The molecule has 0 saturated heterocycles. The van der Waals surface area contributed by atoms with E-state index in [9.17, 15) is 4.39 Å². The van der Waals surface area contributed by atoms with Crippen LogP contribution < -0.4 is 5.32 Å². The van der Waals surface area contributed by atoms with Crippen LogP contribution in [0.25, 0.3) is 10.9 Å². The largest absolute Gasteiger partial charge is 0.358 e. The number of aromatic nitrogens is 1. The Morgan fingerprint density at radius 2 is 2.21 bits per heavy atom. The van der Waals surface area contributed by atoms with Crippen molar-refractivity contribution in [3.63, 3.8) is 0 Å². The molecular weight excluding hydrogens is 179 g/mol. The molecule has 2 nitrogen and oxygen atoms in total. The molecule has 0 spiro atoms. The Labute approximate surface area is 82.1 Å². The van der Waals surface area contributed by atoms with Gasteiger partial charge in [0.2, 0.25) is 0 Å². The van der Waals surface area contributed by atoms with Crippen molar-refractivity contribution in [1.82, 2.24) is 10.3 Å². The van der Waals surface area contributed by atoms with Gasteiger partial charge in [-0.25, -0.2) is 4.39 Å². The number of aryl methyl sites for hydroxylation is 1. The average molecular weight is 192 g/mol. The van der Waals surface area contributed by atoms with Crippen LogP contribution in [0.2, 0.25) is 0 Å². The molecule has 14 heavy (non-hydrogen) atoms. The number of hydrogen-bond donors (Lipinski definition) is 2. The standard InChI is InChI=1S/C11H13FN2/c1-7-10(6-13-2)9-5-8(12)3-4-11(9)14-7/h3-5,13-14H,6H2,1-2H3. The fraction of sp³-hybridized carbons (Fsp3) is 0.273. The minimum absolute atomic E-state index is 0.186. The first-order chi connectivity index (χ1) is 6.72. The molecule has 1 aromatic heterocycles. The maximum absolute atomic E-state index is 13.0. The van der Waals surface area contributed by atoms with Crippen molar-refractivity contribution in [3.8, 4) is 0 Å². The minimum atomic E-state index is -0.186. The highest BCUT2D eigenvalue weighted by molar-refractivity contribution is 5.84. The molecule has 74 valence electrons. The summed E-state index contributed by atoms with van der Waals surface area (Å²) in [5, 5.41) is 4.05. The molecule has 1 aromatic carbocycles. The Morgan fingerprint density at radius 1 is 1.43 bits per heavy atom. The number of nitrogens with one attached hydrogen (secondary N) is 2. The molecule has 1 heterocycles. The summed E-state index contributed by atoms with van der Waals surface area (Å²) in [4.78, 5) is 3.23. The van der Waals surface area contributed by atoms with E-state index in [4.69, 9.17) is 0 Å². The molecule has 0 unspecified atom stereocenters. The van der Waals surface area contributed by atoms with Crippen molar-refractivity contribution >= 4 is 10.9 Å². The molecular formula is C11H13FN2. The Morgan fingerprint density at radius 3 is 2.93 bits per heavy atom. The van der Waals surface area contributed by atoms with Gasteiger partial charge in [-0.1, -0.05) is 0 Å². The third-order valence-electron chi connectivity index (χ3n) is 2.44. The maximum Gasteiger partial charge on any atom is 0.123 e. The van der Waals surface area contributed by atoms with Gasteiger partial charge in [0.1, 0.15) is 5.82 Å². The van der Waals surface area contributed by atoms with Gasteiger partial charge in [0.25, 0.3) is 0 Å². The third kappa shape index (κ3) is 1.40. The molecule has 0 amide bonds. The van der Waals surface area contributed by atoms with Gasteiger partial charge in [-0.3, -0.25) is 0 Å². The van der Waals surface area contributed by atoms with E-state index < -0.39 is 0 Å². The first-order valence-corrected chi connectivity index (χ1v) is 4.63. The zero-order chi connectivity index (χ0) is 10.1. The molecule has 0 bridgehead atoms. The van der Waals surface area contributed by atoms with Crippen molar-refractivity contribution in [2.75, 3.05) is 7.05 Å². The molecule has 0 saturated carbocycles. The molecule has 0 radical (unpaired) electrons. The van der Waals surface area contributed by atoms with Crippen LogP contribution in [0, 0.1) is 12.7 Å². The number of benzene rings is 1. The van der Waals surface area contributed by atoms with E-state index in [1.165, 1.54) is 6.07 Å². The summed E-state index contributed by atoms with van der Waals surface area (Å²) in [5.74, 6) is -0.186. The SMILES string of the molecule is CNCc1c(C)[nH]c2ccc(F)cc12. The lowest BCUT2D eigenvalue weighted by Crippen LogP contribution is -2.05. The lowest BCUT2D eigenvalue weighted by Gasteiger charge is -1.99. The second-order valence-corrected chi connectivity index (χ2v) is 3.45. The Bertz CT molecular complexity index is 460. The van der Waals surface area contributed by atoms with Crippen LogP contribution in [-0.4, -0.2) is 12.0 Å². The van der Waals surface area contributed by atoms with Gasteiger partial charge in [-0.15, -0.1) is 0 Å². The van der Waals surface area contributed by atoms with E-state index in [1.54, 1.807) is 12.1 Å². The second-order valence-electron chi connectivity index (χ2n) is 3.45. The van der Waals surface area contributed by atoms with E-state index in [2.05, 4.69) is 10.3 Å². The van der Waals surface area contributed by atoms with Gasteiger partial charge in [0.15, 0.2) is 0 Å². The van der Waals surface area contributed by atoms with Crippen molar-refractivity contribution in [2.24, 2.45) is 0 Å². The first kappa shape index (κ1) is 9.21. The predicted molar refractivity (Wildman–Crippen MR) is 55.8 cm³/mol. The molecule has 3 heteroatoms. The van der Waals surface area contributed by atoms with Crippen LogP contribution in [0.5, 0.6) is 0 Å². The lowest BCUT2D eigenvalue weighted by molar-refractivity contribution is 0.629. The van der Waals surface area contributed by atoms with Crippen molar-refractivity contribution in [1.29, 1.82) is 0 Å². The summed E-state index contributed by atoms with van der Waals surface area (Å²) in [6.45, 7) is 2.76. The number of hydrogen-bond acceptors (Lipinski definition) is 1. The van der Waals surface area contributed by atoms with Gasteiger partial charge in [-0.2, -0.15) is 0 Å². The van der Waals surface area contributed by atoms with Crippen molar-refractivity contribution in [2.45, 2.75) is 13.5 Å². The van der Waals surface area contributed by atoms with Crippen LogP contribution >= 0.6 is 0 Å². The smallest absolute Gasteiger partial charge is 0.123 e. The molecule has 0 fully saturated rings. The molecule has 0 atom stereocenters. The minimum Gasteiger partial charge on any atom is -0.358 e. The van der Waals surface area contributed by atoms with Crippen molar-refractivity contribution in [3.05, 3.63) is 35.3 Å². The fourth-order valence-corrected chi connectivity index (χ4v) is 1.76. The topological polar surface area (TPSA) is 27.8 Å². The quantitative estimate of drug-likeness (QED) is 0.751. The van der Waals surface area contributed by atoms with Gasteiger partial charge >= 0.3 is 0 Å². The molecule has 0 aliphatic heterocycles. The Balaban J connectivity index is 2.66. The fourth-order valence-electron chi connectivity index (χ4n) is 1.76. The zero-order valence-electron chi connectivity index (χ0n) is 8.32. The predicted octanol–water partition coefficient (Wildman–Crippen LogP) is 2.33. The molecule has 2 aromatic rings. The molecule has 2 N–H and O–H groups in total. The lowest BCUT2D eigenvalue weighted by atomic mass is 10.1. The van der Waals surface area contributed by atoms with E-state index in [-0.39, 0.29) is 5.82 Å². The monoisotopic (exact) mass is 192 g/mol. The van der Waals surface area contributed by atoms with Crippen LogP contribution in [0.4, 0.5) is 4.39 Å². The van der Waals surface area contributed by atoms with Crippen LogP contribution in [0.15, 0.2) is 18.2 Å². The van der Waals surface area contributed by atoms with Crippen molar-refractivity contribution < 1.29 is 4.39 Å². The summed E-state index contributed by atoms with van der Waals surface area (Å²) in [6, 6.07) is 4.82. The van der Waals surface area contributed by atoms with E-state index in [0.717, 1.165) is 28.7 Å². The summed E-state index contributed by atoms with van der Waals surface area (Å²) in [6.07, 6.45) is 0. The first-order valence-electron chi connectivity index (χ1n) is 4.63. The summed E-state index contributed by atoms with van der Waals surface area (Å²) < 4.78 is 13.0. The summed E-state index contributed by atoms with van der Waals surface area (Å²) in [5.41, 5.74) is 3.23. The highest BCUT2D eigenvalue weighted by atomic mass is 19.1. The highest BCUT2D eigenvalue weighted by Crippen LogP contribution is 2.22. The number of halogens is 1. The Kier molecular flexibility index (Phi) is 2.25. The van der Waals surface area contributed by atoms with Crippen LogP contribution in [0.3, 0.4) is 0 Å². The van der Waals surface area contributed by atoms with Crippen LogP contribution in [0.1, 0.15) is 11.3 Å². The summed E-state index contributed by atoms with van der Waals surface area (Å²) >= 11 is 0. The number of aromatic amines is 1. The molecule has 0 aliphatic carbocycles. The normalized spacial score (nSPS) is 11.1. The maximum atomic E-state index is 13.0. The highest BCUT2D eigenvalue weighted by Gasteiger charge is 2.07. The van der Waals surface area contributed by atoms with E-state index in [0.29, 0.717) is 0 Å². The van der Waals surface area contributed by atoms with Gasteiger partial charge in [0.05, 0.1) is 0 Å². The Hall–Kier alpha value is -1.35. The zero-order valence-corrected chi connectivity index (χ0v) is 8.32. The van der Waals surface area contributed by atoms with Crippen LogP contribution in [-0.2, 0) is 6.54 Å². The summed E-state index contributed by atoms with van der Waals surface area (Å²) in [7, 11) is 1.89. The number of H-pyrrole nitrogens is 1. The second kappa shape index (κ2) is 3.42. The van der Waals surface area contributed by atoms with Gasteiger partial charge in [0, 0.05) is 23.1 Å².